The molecule has 2 N–H and O–H groups in total. The fourth-order valence-electron chi connectivity index (χ4n) is 5.27. The van der Waals surface area contributed by atoms with Gasteiger partial charge in [0.2, 0.25) is 0 Å². The first-order valence-corrected chi connectivity index (χ1v) is 11.8. The third-order valence-corrected chi connectivity index (χ3v) is 7.12. The monoisotopic (exact) mass is 472 g/mol. The molecule has 1 amide bonds. The molecular formula is C26H28N6O3. The average molecular weight is 473 g/mol. The predicted molar refractivity (Wildman–Crippen MR) is 134 cm³/mol. The molecule has 0 saturated heterocycles. The van der Waals surface area contributed by atoms with E-state index in [2.05, 4.69) is 51.6 Å². The Morgan fingerprint density at radius 2 is 1.97 bits per heavy atom. The second kappa shape index (κ2) is 8.98. The SMILES string of the molecule is C=C/C1=C(\N=C)CCc2ccc3ccn(c3n2)C2(CCCC2)Cn2cc(O)c(=O)c(n2)C(=O)NC1. The second-order valence-electron chi connectivity index (χ2n) is 9.24. The number of hydrogen-bond donors (Lipinski definition) is 2. The Balaban J connectivity index is 1.70. The van der Waals surface area contributed by atoms with Crippen LogP contribution in [-0.2, 0) is 18.5 Å². The second-order valence-corrected chi connectivity index (χ2v) is 9.24. The number of hydrogen-bond acceptors (Lipinski definition) is 6. The lowest BCUT2D eigenvalue weighted by Gasteiger charge is -2.32. The Morgan fingerprint density at radius 1 is 1.17 bits per heavy atom. The highest BCUT2D eigenvalue weighted by Crippen LogP contribution is 2.40. The number of allylic oxidation sites excluding steroid dienone is 1. The van der Waals surface area contributed by atoms with Crippen LogP contribution in [0.15, 0.2) is 64.3 Å². The van der Waals surface area contributed by atoms with Gasteiger partial charge in [-0.05, 0) is 56.2 Å². The summed E-state index contributed by atoms with van der Waals surface area (Å²) in [6.45, 7) is 8.03. The maximum atomic E-state index is 12.9. The van der Waals surface area contributed by atoms with Crippen molar-refractivity contribution >= 4 is 23.7 Å². The number of carbonyl (C=O) groups is 1. The Labute approximate surface area is 202 Å². The summed E-state index contributed by atoms with van der Waals surface area (Å²) in [5.74, 6) is -1.17. The number of aliphatic imine (C=N–C) groups is 1. The number of carbonyl (C=O) groups excluding carboxylic acids is 1. The van der Waals surface area contributed by atoms with Crippen LogP contribution in [0.3, 0.4) is 0 Å². The van der Waals surface area contributed by atoms with Crippen LogP contribution in [0.1, 0.15) is 48.3 Å². The van der Waals surface area contributed by atoms with Gasteiger partial charge in [0.1, 0.15) is 5.65 Å². The van der Waals surface area contributed by atoms with Crippen LogP contribution in [-0.4, -0.2) is 43.6 Å². The number of amides is 1. The molecule has 1 fully saturated rings. The summed E-state index contributed by atoms with van der Waals surface area (Å²) in [5.41, 5.74) is 1.72. The Morgan fingerprint density at radius 3 is 2.71 bits per heavy atom. The fraction of sp³-hybridized carbons (Fsp3) is 0.346. The van der Waals surface area contributed by atoms with Gasteiger partial charge in [-0.15, -0.1) is 0 Å². The van der Waals surface area contributed by atoms with Crippen molar-refractivity contribution in [1.29, 1.82) is 0 Å². The summed E-state index contributed by atoms with van der Waals surface area (Å²) in [5, 5.41) is 18.5. The molecule has 0 aromatic carbocycles. The molecule has 180 valence electrons. The van der Waals surface area contributed by atoms with Crippen molar-refractivity contribution in [3.63, 3.8) is 0 Å². The van der Waals surface area contributed by atoms with Crippen LogP contribution >= 0.6 is 0 Å². The standard InChI is InChI=1S/C26H28N6O3/c1-3-17-14-28-25(35)22-23(34)21(33)15-31(30-22)16-26(11-4-5-12-26)32-13-10-18-6-7-19(29-24(18)32)8-9-20(17)27-2/h3,6-7,10,13,15,33H,1-2,4-5,8-9,11-12,14,16H2,(H,28,35)/b20-17+. The number of nitrogens with one attached hydrogen (secondary N) is 1. The molecule has 1 saturated carbocycles. The van der Waals surface area contributed by atoms with E-state index in [9.17, 15) is 14.7 Å². The summed E-state index contributed by atoms with van der Waals surface area (Å²) < 4.78 is 3.72. The lowest BCUT2D eigenvalue weighted by atomic mass is 9.97. The third kappa shape index (κ3) is 4.07. The van der Waals surface area contributed by atoms with E-state index in [-0.39, 0.29) is 17.8 Å². The van der Waals surface area contributed by atoms with Crippen LogP contribution in [0.4, 0.5) is 0 Å². The van der Waals surface area contributed by atoms with Crippen molar-refractivity contribution in [3.05, 3.63) is 76.1 Å². The van der Waals surface area contributed by atoms with Gasteiger partial charge in [0.05, 0.1) is 18.3 Å². The van der Waals surface area contributed by atoms with Crippen molar-refractivity contribution in [2.24, 2.45) is 4.99 Å². The van der Waals surface area contributed by atoms with Gasteiger partial charge >= 0.3 is 0 Å². The molecule has 5 rings (SSSR count). The zero-order valence-corrected chi connectivity index (χ0v) is 19.5. The molecule has 1 aliphatic heterocycles. The van der Waals surface area contributed by atoms with Crippen LogP contribution in [0.5, 0.6) is 5.75 Å². The van der Waals surface area contributed by atoms with Gasteiger partial charge in [-0.3, -0.25) is 19.3 Å². The minimum absolute atomic E-state index is 0.104. The molecule has 9 nitrogen and oxygen atoms in total. The lowest BCUT2D eigenvalue weighted by Crippen LogP contribution is -2.38. The third-order valence-electron chi connectivity index (χ3n) is 7.12. The van der Waals surface area contributed by atoms with E-state index >= 15 is 0 Å². The minimum Gasteiger partial charge on any atom is -0.503 e. The smallest absolute Gasteiger partial charge is 0.276 e. The van der Waals surface area contributed by atoms with Gasteiger partial charge < -0.3 is 15.0 Å². The number of pyridine rings is 1. The van der Waals surface area contributed by atoms with Gasteiger partial charge in [-0.1, -0.05) is 25.5 Å². The molecule has 4 bridgehead atoms. The van der Waals surface area contributed by atoms with E-state index in [0.29, 0.717) is 30.7 Å². The molecule has 2 aliphatic rings. The van der Waals surface area contributed by atoms with Crippen LogP contribution in [0, 0.1) is 0 Å². The lowest BCUT2D eigenvalue weighted by molar-refractivity contribution is 0.0946. The first-order valence-electron chi connectivity index (χ1n) is 11.8. The van der Waals surface area contributed by atoms with Crippen LogP contribution in [0.25, 0.3) is 11.0 Å². The van der Waals surface area contributed by atoms with E-state index < -0.39 is 17.1 Å². The topological polar surface area (TPSA) is 114 Å². The van der Waals surface area contributed by atoms with Crippen molar-refractivity contribution in [3.8, 4) is 5.75 Å². The number of aryl methyl sites for hydroxylation is 1. The molecule has 0 unspecified atom stereocenters. The molecule has 0 atom stereocenters. The maximum Gasteiger partial charge on any atom is 0.276 e. The van der Waals surface area contributed by atoms with E-state index in [1.54, 1.807) is 6.08 Å². The number of nitrogens with zero attached hydrogens (tertiary/aromatic N) is 5. The molecule has 35 heavy (non-hydrogen) atoms. The molecule has 0 radical (unpaired) electrons. The normalized spacial score (nSPS) is 20.3. The molecule has 3 aromatic rings. The average Bonchev–Trinajstić information content (AvgIpc) is 3.50. The number of aromatic nitrogens is 4. The zero-order chi connectivity index (χ0) is 24.6. The van der Waals surface area contributed by atoms with Crippen molar-refractivity contribution in [2.75, 3.05) is 6.54 Å². The summed E-state index contributed by atoms with van der Waals surface area (Å²) in [6, 6.07) is 6.17. The predicted octanol–water partition coefficient (Wildman–Crippen LogP) is 3.08. The highest BCUT2D eigenvalue weighted by atomic mass is 16.3. The van der Waals surface area contributed by atoms with E-state index in [1.165, 1.54) is 10.9 Å². The Kier molecular flexibility index (Phi) is 5.84. The summed E-state index contributed by atoms with van der Waals surface area (Å²) in [6.07, 6.45) is 10.1. The molecule has 4 heterocycles. The fourth-order valence-corrected chi connectivity index (χ4v) is 5.27. The van der Waals surface area contributed by atoms with E-state index in [0.717, 1.165) is 42.4 Å². The molecule has 1 aliphatic carbocycles. The van der Waals surface area contributed by atoms with Gasteiger partial charge in [0, 0.05) is 29.5 Å². The van der Waals surface area contributed by atoms with E-state index in [1.807, 2.05) is 6.07 Å². The van der Waals surface area contributed by atoms with Crippen molar-refractivity contribution in [2.45, 2.75) is 50.6 Å². The quantitative estimate of drug-likeness (QED) is 0.557. The summed E-state index contributed by atoms with van der Waals surface area (Å²) in [4.78, 5) is 34.7. The first kappa shape index (κ1) is 22.8. The zero-order valence-electron chi connectivity index (χ0n) is 19.5. The van der Waals surface area contributed by atoms with Gasteiger partial charge in [-0.2, -0.15) is 5.10 Å². The number of rotatable bonds is 2. The number of aromatic hydroxyl groups is 1. The van der Waals surface area contributed by atoms with Crippen molar-refractivity contribution < 1.29 is 9.90 Å². The van der Waals surface area contributed by atoms with Gasteiger partial charge in [0.25, 0.3) is 11.3 Å². The van der Waals surface area contributed by atoms with Crippen molar-refractivity contribution in [1.82, 2.24) is 24.6 Å². The minimum atomic E-state index is -0.802. The Bertz CT molecular complexity index is 1420. The first-order chi connectivity index (χ1) is 16.9. The maximum absolute atomic E-state index is 12.9. The van der Waals surface area contributed by atoms with Crippen LogP contribution < -0.4 is 10.7 Å². The largest absolute Gasteiger partial charge is 0.503 e. The summed E-state index contributed by atoms with van der Waals surface area (Å²) >= 11 is 0. The molecular weight excluding hydrogens is 444 g/mol. The highest BCUT2D eigenvalue weighted by Gasteiger charge is 2.38. The van der Waals surface area contributed by atoms with E-state index in [4.69, 9.17) is 4.98 Å². The Hall–Kier alpha value is -4.01. The van der Waals surface area contributed by atoms with Gasteiger partial charge in [-0.25, -0.2) is 4.98 Å². The molecule has 1 spiro atoms. The van der Waals surface area contributed by atoms with Crippen LogP contribution in [0.2, 0.25) is 0 Å². The molecule has 9 heteroatoms. The number of fused-ring (bicyclic) bond motifs is 4. The highest BCUT2D eigenvalue weighted by molar-refractivity contribution is 5.92. The molecule has 3 aromatic heterocycles. The van der Waals surface area contributed by atoms with Gasteiger partial charge in [0.15, 0.2) is 11.4 Å². The summed E-state index contributed by atoms with van der Waals surface area (Å²) in [7, 11) is 0.